The van der Waals surface area contributed by atoms with E-state index < -0.39 is 12.2 Å². The molecule has 158 valence electrons. The lowest BCUT2D eigenvalue weighted by molar-refractivity contribution is 0.0617. The molecule has 0 fully saturated rings. The normalized spacial score (nSPS) is 17.6. The number of fused-ring (bicyclic) bond motifs is 3. The van der Waals surface area contributed by atoms with Crippen LogP contribution in [0.4, 0.5) is 10.3 Å². The SMILES string of the molecule is CCC(O)CC(O)C1Cc2c(nc(N(C)SC)nc2C(C)C)-c2ccc(F)cc21. The second-order valence-corrected chi connectivity index (χ2v) is 8.89. The molecule has 2 aromatic rings. The Morgan fingerprint density at radius 1 is 1.28 bits per heavy atom. The van der Waals surface area contributed by atoms with E-state index in [1.165, 1.54) is 24.1 Å². The number of hydrogen-bond donors (Lipinski definition) is 2. The Morgan fingerprint density at radius 3 is 2.62 bits per heavy atom. The van der Waals surface area contributed by atoms with Gasteiger partial charge in [-0.2, -0.15) is 0 Å². The molecular formula is C22H30FN3O2S. The van der Waals surface area contributed by atoms with Gasteiger partial charge < -0.3 is 10.2 Å². The average molecular weight is 420 g/mol. The molecule has 0 spiro atoms. The summed E-state index contributed by atoms with van der Waals surface area (Å²) >= 11 is 1.53. The van der Waals surface area contributed by atoms with Crippen molar-refractivity contribution in [2.45, 2.75) is 64.1 Å². The summed E-state index contributed by atoms with van der Waals surface area (Å²) in [6.45, 7) is 6.07. The van der Waals surface area contributed by atoms with Crippen LogP contribution in [0.1, 0.15) is 62.3 Å². The van der Waals surface area contributed by atoms with Crippen LogP contribution in [0.15, 0.2) is 18.2 Å². The van der Waals surface area contributed by atoms with E-state index in [2.05, 4.69) is 13.8 Å². The van der Waals surface area contributed by atoms with Gasteiger partial charge in [0.2, 0.25) is 5.95 Å². The Labute approximate surface area is 176 Å². The second-order valence-electron chi connectivity index (χ2n) is 7.98. The van der Waals surface area contributed by atoms with Gasteiger partial charge in [-0.05, 0) is 48.9 Å². The summed E-state index contributed by atoms with van der Waals surface area (Å²) in [5.41, 5.74) is 4.36. The Morgan fingerprint density at radius 2 is 2.00 bits per heavy atom. The van der Waals surface area contributed by atoms with Crippen LogP contribution in [-0.2, 0) is 6.42 Å². The zero-order valence-corrected chi connectivity index (χ0v) is 18.5. The van der Waals surface area contributed by atoms with Crippen molar-refractivity contribution in [1.82, 2.24) is 9.97 Å². The number of nitrogens with zero attached hydrogens (tertiary/aromatic N) is 3. The Bertz CT molecular complexity index is 877. The van der Waals surface area contributed by atoms with Gasteiger partial charge in [0.25, 0.3) is 0 Å². The molecule has 2 N–H and O–H groups in total. The van der Waals surface area contributed by atoms with E-state index in [1.54, 1.807) is 6.07 Å². The number of anilines is 1. The van der Waals surface area contributed by atoms with Gasteiger partial charge in [0.1, 0.15) is 5.82 Å². The van der Waals surface area contributed by atoms with Gasteiger partial charge in [-0.15, -0.1) is 0 Å². The first-order chi connectivity index (χ1) is 13.8. The van der Waals surface area contributed by atoms with Crippen LogP contribution in [0.3, 0.4) is 0 Å². The fourth-order valence-electron chi connectivity index (χ4n) is 3.95. The molecule has 3 rings (SSSR count). The van der Waals surface area contributed by atoms with Crippen molar-refractivity contribution in [3.8, 4) is 11.3 Å². The third-order valence-electron chi connectivity index (χ3n) is 5.67. The lowest BCUT2D eigenvalue weighted by atomic mass is 9.75. The molecule has 3 atom stereocenters. The minimum atomic E-state index is -0.771. The third-order valence-corrected chi connectivity index (χ3v) is 6.38. The van der Waals surface area contributed by atoms with Crippen LogP contribution in [0.5, 0.6) is 0 Å². The Kier molecular flexibility index (Phi) is 6.81. The van der Waals surface area contributed by atoms with Crippen LogP contribution in [0, 0.1) is 5.82 Å². The minimum Gasteiger partial charge on any atom is -0.393 e. The van der Waals surface area contributed by atoms with Crippen molar-refractivity contribution in [3.05, 3.63) is 40.8 Å². The van der Waals surface area contributed by atoms with Crippen LogP contribution in [-0.4, -0.2) is 45.7 Å². The summed E-state index contributed by atoms with van der Waals surface area (Å²) in [6.07, 6.45) is 1.97. The number of aliphatic hydroxyl groups excluding tert-OH is 2. The van der Waals surface area contributed by atoms with Crippen LogP contribution in [0.25, 0.3) is 11.3 Å². The molecule has 7 heteroatoms. The predicted octanol–water partition coefficient (Wildman–Crippen LogP) is 4.28. The first-order valence-corrected chi connectivity index (χ1v) is 11.3. The van der Waals surface area contributed by atoms with E-state index in [9.17, 15) is 14.6 Å². The molecule has 1 aliphatic carbocycles. The summed E-state index contributed by atoms with van der Waals surface area (Å²) in [6, 6.07) is 4.69. The lowest BCUT2D eigenvalue weighted by Gasteiger charge is -2.33. The van der Waals surface area contributed by atoms with E-state index in [1.807, 2.05) is 24.5 Å². The molecule has 0 radical (unpaired) electrons. The van der Waals surface area contributed by atoms with E-state index in [-0.39, 0.29) is 24.1 Å². The van der Waals surface area contributed by atoms with E-state index in [4.69, 9.17) is 9.97 Å². The summed E-state index contributed by atoms with van der Waals surface area (Å²) in [5, 5.41) is 21.0. The first-order valence-electron chi connectivity index (χ1n) is 10.1. The monoisotopic (exact) mass is 419 g/mol. The molecule has 1 aliphatic rings. The molecule has 0 saturated carbocycles. The van der Waals surface area contributed by atoms with Gasteiger partial charge in [-0.1, -0.05) is 32.7 Å². The number of rotatable bonds is 7. The molecule has 29 heavy (non-hydrogen) atoms. The topological polar surface area (TPSA) is 69.5 Å². The molecule has 0 amide bonds. The Hall–Kier alpha value is -1.70. The summed E-state index contributed by atoms with van der Waals surface area (Å²) in [4.78, 5) is 9.62. The van der Waals surface area contributed by atoms with Crippen molar-refractivity contribution >= 4 is 17.9 Å². The summed E-state index contributed by atoms with van der Waals surface area (Å²) in [5.74, 6) is 0.164. The highest BCUT2D eigenvalue weighted by Crippen LogP contribution is 2.44. The molecule has 1 heterocycles. The maximum Gasteiger partial charge on any atom is 0.236 e. The highest BCUT2D eigenvalue weighted by Gasteiger charge is 2.34. The highest BCUT2D eigenvalue weighted by molar-refractivity contribution is 7.99. The van der Waals surface area contributed by atoms with Gasteiger partial charge in [0.05, 0.1) is 23.6 Å². The fraction of sp³-hybridized carbons (Fsp3) is 0.545. The minimum absolute atomic E-state index is 0.182. The molecule has 0 aliphatic heterocycles. The van der Waals surface area contributed by atoms with Crippen molar-refractivity contribution < 1.29 is 14.6 Å². The van der Waals surface area contributed by atoms with Crippen molar-refractivity contribution in [2.24, 2.45) is 0 Å². The molecule has 1 aromatic carbocycles. The molecule has 5 nitrogen and oxygen atoms in total. The Balaban J connectivity index is 2.17. The van der Waals surface area contributed by atoms with Crippen LogP contribution < -0.4 is 4.31 Å². The van der Waals surface area contributed by atoms with E-state index >= 15 is 0 Å². The number of halogens is 1. The van der Waals surface area contributed by atoms with Crippen LogP contribution in [0.2, 0.25) is 0 Å². The van der Waals surface area contributed by atoms with Gasteiger partial charge in [0.15, 0.2) is 0 Å². The quantitative estimate of drug-likeness (QED) is 0.653. The van der Waals surface area contributed by atoms with E-state index in [0.717, 1.165) is 28.1 Å². The zero-order valence-electron chi connectivity index (χ0n) is 17.7. The molecular weight excluding hydrogens is 389 g/mol. The molecule has 3 unspecified atom stereocenters. The van der Waals surface area contributed by atoms with Gasteiger partial charge in [0, 0.05) is 30.3 Å². The largest absolute Gasteiger partial charge is 0.393 e. The number of aliphatic hydroxyl groups is 2. The van der Waals surface area contributed by atoms with Crippen molar-refractivity contribution in [1.29, 1.82) is 0 Å². The average Bonchev–Trinajstić information content (AvgIpc) is 2.70. The number of aromatic nitrogens is 2. The smallest absolute Gasteiger partial charge is 0.236 e. The summed E-state index contributed by atoms with van der Waals surface area (Å²) < 4.78 is 16.0. The summed E-state index contributed by atoms with van der Waals surface area (Å²) in [7, 11) is 1.92. The molecule has 0 bridgehead atoms. The molecule has 1 aromatic heterocycles. The molecule has 0 saturated heterocycles. The number of benzene rings is 1. The second kappa shape index (κ2) is 8.98. The van der Waals surface area contributed by atoms with Crippen molar-refractivity contribution in [2.75, 3.05) is 17.6 Å². The third kappa shape index (κ3) is 4.42. The fourth-order valence-corrected chi connectivity index (χ4v) is 4.20. The maximum atomic E-state index is 14.1. The zero-order chi connectivity index (χ0) is 21.3. The highest BCUT2D eigenvalue weighted by atomic mass is 32.2. The standard InChI is InChI=1S/C22H30FN3O2S/c1-6-14(27)10-19(28)17-11-18-20(12(2)3)24-22(26(4)29-5)25-21(18)15-8-7-13(23)9-16(15)17/h7-9,12,14,17,19,27-28H,6,10-11H2,1-5H3. The number of hydrogen-bond acceptors (Lipinski definition) is 6. The maximum absolute atomic E-state index is 14.1. The van der Waals surface area contributed by atoms with Gasteiger partial charge in [-0.3, -0.25) is 4.31 Å². The van der Waals surface area contributed by atoms with E-state index in [0.29, 0.717) is 18.8 Å². The van der Waals surface area contributed by atoms with Crippen LogP contribution >= 0.6 is 11.9 Å². The van der Waals surface area contributed by atoms with Gasteiger partial charge >= 0.3 is 0 Å². The van der Waals surface area contributed by atoms with Crippen molar-refractivity contribution in [3.63, 3.8) is 0 Å². The predicted molar refractivity (Wildman–Crippen MR) is 117 cm³/mol. The lowest BCUT2D eigenvalue weighted by Crippen LogP contribution is -2.29. The van der Waals surface area contributed by atoms with Gasteiger partial charge in [-0.25, -0.2) is 14.4 Å². The first kappa shape index (κ1) is 22.0.